The average molecular weight is 390 g/mol. The summed E-state index contributed by atoms with van der Waals surface area (Å²) in [5, 5.41) is 3.34. The molecule has 2 aliphatic heterocycles. The Kier molecular flexibility index (Phi) is 4.96. The Hall–Kier alpha value is -1.90. The summed E-state index contributed by atoms with van der Waals surface area (Å²) in [6.07, 6.45) is 4.36. The number of aryl methyl sites for hydroxylation is 1. The van der Waals surface area contributed by atoms with Gasteiger partial charge in [0.05, 0.1) is 4.90 Å². The van der Waals surface area contributed by atoms with E-state index in [1.807, 2.05) is 0 Å². The first-order valence-electron chi connectivity index (χ1n) is 9.27. The molecule has 0 atom stereocenters. The Morgan fingerprint density at radius 1 is 1.26 bits per heavy atom. The lowest BCUT2D eigenvalue weighted by Gasteiger charge is -2.28. The van der Waals surface area contributed by atoms with Crippen molar-refractivity contribution in [2.24, 2.45) is 0 Å². The van der Waals surface area contributed by atoms with Crippen molar-refractivity contribution in [2.45, 2.75) is 43.5 Å². The van der Waals surface area contributed by atoms with E-state index >= 15 is 0 Å². The van der Waals surface area contributed by atoms with E-state index in [9.17, 15) is 12.8 Å². The van der Waals surface area contributed by atoms with Crippen LogP contribution in [0.4, 0.5) is 4.39 Å². The number of aromatic nitrogens is 2. The zero-order valence-electron chi connectivity index (χ0n) is 15.3. The second-order valence-corrected chi connectivity index (χ2v) is 9.16. The van der Waals surface area contributed by atoms with Crippen LogP contribution in [-0.4, -0.2) is 42.3 Å². The number of benzene rings is 1. The van der Waals surface area contributed by atoms with Crippen molar-refractivity contribution in [1.82, 2.24) is 19.6 Å². The third-order valence-corrected chi connectivity index (χ3v) is 7.24. The fourth-order valence-electron chi connectivity index (χ4n) is 3.67. The van der Waals surface area contributed by atoms with E-state index in [4.69, 9.17) is 4.98 Å². The Morgan fingerprint density at radius 3 is 2.78 bits per heavy atom. The van der Waals surface area contributed by atoms with Gasteiger partial charge in [-0.15, -0.1) is 0 Å². The summed E-state index contributed by atoms with van der Waals surface area (Å²) < 4.78 is 41.0. The molecular formula is C19H23FN4O2S. The number of piperidine rings is 1. The van der Waals surface area contributed by atoms with Crippen LogP contribution in [0.3, 0.4) is 0 Å². The molecule has 1 aromatic carbocycles. The third-order valence-electron chi connectivity index (χ3n) is 5.40. The summed E-state index contributed by atoms with van der Waals surface area (Å²) in [4.78, 5) is 9.23. The van der Waals surface area contributed by atoms with Gasteiger partial charge in [0.2, 0.25) is 10.0 Å². The first-order chi connectivity index (χ1) is 12.9. The number of sulfonamides is 1. The van der Waals surface area contributed by atoms with Gasteiger partial charge in [-0.2, -0.15) is 4.31 Å². The molecule has 0 radical (unpaired) electrons. The maximum Gasteiger partial charge on any atom is 0.243 e. The first kappa shape index (κ1) is 18.5. The summed E-state index contributed by atoms with van der Waals surface area (Å²) in [5.74, 6) is 0.726. The molecule has 0 unspecified atom stereocenters. The highest BCUT2D eigenvalue weighted by Gasteiger charge is 2.30. The number of nitrogens with zero attached hydrogens (tertiary/aromatic N) is 3. The minimum absolute atomic E-state index is 0.0127. The number of hydrogen-bond donors (Lipinski definition) is 1. The fraction of sp³-hybridized carbons (Fsp3) is 0.474. The summed E-state index contributed by atoms with van der Waals surface area (Å²) in [6.45, 7) is 4.13. The Labute approximate surface area is 158 Å². The molecule has 1 aromatic heterocycles. The molecule has 4 rings (SSSR count). The minimum atomic E-state index is -3.75. The van der Waals surface area contributed by atoms with Crippen LogP contribution in [0.1, 0.15) is 41.4 Å². The molecule has 1 N–H and O–H groups in total. The van der Waals surface area contributed by atoms with Gasteiger partial charge >= 0.3 is 0 Å². The SMILES string of the molecule is Cc1ccc(S(=O)(=O)N2CCc3nc(C4CCNCC4)ncc3C2)cc1F. The molecule has 1 fully saturated rings. The number of fused-ring (bicyclic) bond motifs is 1. The second-order valence-electron chi connectivity index (χ2n) is 7.22. The van der Waals surface area contributed by atoms with Crippen LogP contribution >= 0.6 is 0 Å². The maximum absolute atomic E-state index is 13.8. The molecule has 1 saturated heterocycles. The van der Waals surface area contributed by atoms with Crippen molar-refractivity contribution >= 4 is 10.0 Å². The highest BCUT2D eigenvalue weighted by molar-refractivity contribution is 7.89. The monoisotopic (exact) mass is 390 g/mol. The van der Waals surface area contributed by atoms with E-state index in [0.29, 0.717) is 24.4 Å². The molecule has 0 bridgehead atoms. The molecule has 0 spiro atoms. The quantitative estimate of drug-likeness (QED) is 0.869. The average Bonchev–Trinajstić information content (AvgIpc) is 2.69. The summed E-state index contributed by atoms with van der Waals surface area (Å²) in [5.41, 5.74) is 2.19. The molecule has 27 heavy (non-hydrogen) atoms. The number of halogens is 1. The largest absolute Gasteiger partial charge is 0.317 e. The predicted molar refractivity (Wildman–Crippen MR) is 99.3 cm³/mol. The van der Waals surface area contributed by atoms with Gasteiger partial charge in [0.15, 0.2) is 0 Å². The molecule has 2 aliphatic rings. The molecule has 0 aliphatic carbocycles. The molecule has 8 heteroatoms. The number of hydrogen-bond acceptors (Lipinski definition) is 5. The summed E-state index contributed by atoms with van der Waals surface area (Å²) in [6, 6.07) is 4.05. The van der Waals surface area contributed by atoms with Crippen molar-refractivity contribution in [2.75, 3.05) is 19.6 Å². The fourth-order valence-corrected chi connectivity index (χ4v) is 5.10. The van der Waals surface area contributed by atoms with Crippen LogP contribution in [0.25, 0.3) is 0 Å². The van der Waals surface area contributed by atoms with E-state index in [1.54, 1.807) is 13.1 Å². The van der Waals surface area contributed by atoms with Gasteiger partial charge in [-0.05, 0) is 50.6 Å². The number of nitrogens with one attached hydrogen (secondary N) is 1. The number of rotatable bonds is 3. The normalized spacial score (nSPS) is 19.0. The van der Waals surface area contributed by atoms with Crippen LogP contribution in [0.5, 0.6) is 0 Å². The summed E-state index contributed by atoms with van der Waals surface area (Å²) >= 11 is 0. The van der Waals surface area contributed by atoms with Gasteiger partial charge < -0.3 is 5.32 Å². The van der Waals surface area contributed by atoms with Gasteiger partial charge in [-0.3, -0.25) is 0 Å². The molecule has 3 heterocycles. The third kappa shape index (κ3) is 3.61. The molecule has 144 valence electrons. The molecular weight excluding hydrogens is 367 g/mol. The van der Waals surface area contributed by atoms with Gasteiger partial charge in [0.1, 0.15) is 11.6 Å². The lowest BCUT2D eigenvalue weighted by molar-refractivity contribution is 0.382. The highest BCUT2D eigenvalue weighted by Crippen LogP contribution is 2.27. The van der Waals surface area contributed by atoms with E-state index in [2.05, 4.69) is 10.3 Å². The van der Waals surface area contributed by atoms with Gasteiger partial charge in [-0.1, -0.05) is 6.07 Å². The standard InChI is InChI=1S/C19H23FN4O2S/c1-13-2-3-16(10-17(13)20)27(25,26)24-9-6-18-15(12-24)11-22-19(23-18)14-4-7-21-8-5-14/h2-3,10-11,14,21H,4-9,12H2,1H3. The Morgan fingerprint density at radius 2 is 2.04 bits per heavy atom. The van der Waals surface area contributed by atoms with E-state index in [1.165, 1.54) is 16.4 Å². The minimum Gasteiger partial charge on any atom is -0.317 e. The van der Waals surface area contributed by atoms with Crippen LogP contribution in [0, 0.1) is 12.7 Å². The second kappa shape index (κ2) is 7.26. The predicted octanol–water partition coefficient (Wildman–Crippen LogP) is 2.14. The van der Waals surface area contributed by atoms with Crippen LogP contribution in [0.15, 0.2) is 29.3 Å². The van der Waals surface area contributed by atoms with Crippen molar-refractivity contribution in [1.29, 1.82) is 0 Å². The van der Waals surface area contributed by atoms with Crippen LogP contribution < -0.4 is 5.32 Å². The highest BCUT2D eigenvalue weighted by atomic mass is 32.2. The lowest BCUT2D eigenvalue weighted by Crippen LogP contribution is -2.37. The van der Waals surface area contributed by atoms with Gasteiger partial charge in [0, 0.05) is 42.9 Å². The first-order valence-corrected chi connectivity index (χ1v) is 10.7. The van der Waals surface area contributed by atoms with E-state index < -0.39 is 15.8 Å². The van der Waals surface area contributed by atoms with Gasteiger partial charge in [-0.25, -0.2) is 22.8 Å². The van der Waals surface area contributed by atoms with Crippen molar-refractivity contribution in [3.05, 3.63) is 52.9 Å². The van der Waals surface area contributed by atoms with E-state index in [-0.39, 0.29) is 11.4 Å². The van der Waals surface area contributed by atoms with Crippen molar-refractivity contribution in [3.63, 3.8) is 0 Å². The van der Waals surface area contributed by atoms with Crippen LogP contribution in [-0.2, 0) is 23.0 Å². The van der Waals surface area contributed by atoms with Crippen molar-refractivity contribution in [3.8, 4) is 0 Å². The molecule has 0 saturated carbocycles. The Bertz CT molecular complexity index is 958. The molecule has 0 amide bonds. The maximum atomic E-state index is 13.8. The lowest BCUT2D eigenvalue weighted by atomic mass is 9.96. The molecule has 6 nitrogen and oxygen atoms in total. The van der Waals surface area contributed by atoms with Crippen molar-refractivity contribution < 1.29 is 12.8 Å². The van der Waals surface area contributed by atoms with Gasteiger partial charge in [0.25, 0.3) is 0 Å². The van der Waals surface area contributed by atoms with Crippen LogP contribution in [0.2, 0.25) is 0 Å². The Balaban J connectivity index is 1.56. The molecule has 2 aromatic rings. The smallest absolute Gasteiger partial charge is 0.243 e. The van der Waals surface area contributed by atoms with E-state index in [0.717, 1.165) is 49.1 Å². The topological polar surface area (TPSA) is 75.2 Å². The summed E-state index contributed by atoms with van der Waals surface area (Å²) in [7, 11) is -3.75. The zero-order valence-corrected chi connectivity index (χ0v) is 16.1. The zero-order chi connectivity index (χ0) is 19.0.